The number of para-hydroxylation sites is 2. The molecule has 0 spiro atoms. The van der Waals surface area contributed by atoms with Gasteiger partial charge in [-0.2, -0.15) is 9.98 Å². The number of alkyl carbamates (subject to hydrolysis) is 2. The molecule has 0 heterocycles. The molecular weight excluding hydrogens is 930 g/mol. The minimum absolute atomic E-state index is 0.154. The molecule has 21 heteroatoms. The third kappa shape index (κ3) is 19.0. The molecule has 0 aromatic heterocycles. The average molecular weight is 990 g/mol. The molecule has 4 aromatic rings. The predicted octanol–water partition coefficient (Wildman–Crippen LogP) is 7.60. The van der Waals surface area contributed by atoms with Gasteiger partial charge in [-0.25, -0.2) is 27.6 Å². The van der Waals surface area contributed by atoms with Crippen molar-refractivity contribution in [2.45, 2.75) is 115 Å². The largest absolute Gasteiger partial charge is 0.453 e. The number of hydrogen-bond acceptors (Lipinski definition) is 14. The molecule has 0 aliphatic rings. The molecule has 0 aliphatic heterocycles. The topological polar surface area (TPSA) is 262 Å². The zero-order chi connectivity index (χ0) is 51.2. The Bertz CT molecular complexity index is 2550. The van der Waals surface area contributed by atoms with Gasteiger partial charge in [0, 0.05) is 6.42 Å². The van der Waals surface area contributed by atoms with E-state index in [4.69, 9.17) is 23.3 Å². The first-order valence-electron chi connectivity index (χ1n) is 21.7. The second kappa shape index (κ2) is 23.5. The van der Waals surface area contributed by atoms with E-state index in [9.17, 15) is 32.9 Å². The Morgan fingerprint density at radius 1 is 0.681 bits per heavy atom. The first kappa shape index (κ1) is 54.8. The van der Waals surface area contributed by atoms with Gasteiger partial charge >= 0.3 is 19.8 Å². The smallest absolute Gasteiger partial charge is 0.444 e. The SMILES string of the molecule is C[C@H](NC(=O)[C@@H](COC(C)(C)C)NS(=O)(=O)c1ccc(C#N)cc1)C(=O)NC(Cc1ccc(N=C(NC(=O)OC(C)(C)C)NC(=O)OC(C)(C)C)cc1)P(=O)(Oc1ccccc1)Oc1ccccc1. The van der Waals surface area contributed by atoms with Gasteiger partial charge in [0.2, 0.25) is 27.8 Å². The maximum Gasteiger partial charge on any atom is 0.453 e. The van der Waals surface area contributed by atoms with Crippen molar-refractivity contribution >= 4 is 53.3 Å². The van der Waals surface area contributed by atoms with Gasteiger partial charge in [0.25, 0.3) is 0 Å². The number of carbonyl (C=O) groups excluding carboxylic acids is 4. The summed E-state index contributed by atoms with van der Waals surface area (Å²) in [5.74, 6) is -3.22. The number of nitrogens with one attached hydrogen (secondary N) is 5. The van der Waals surface area contributed by atoms with Gasteiger partial charge in [0.15, 0.2) is 5.78 Å². The summed E-state index contributed by atoms with van der Waals surface area (Å²) >= 11 is 0. The van der Waals surface area contributed by atoms with Crippen LogP contribution >= 0.6 is 7.60 Å². The second-order valence-corrected chi connectivity index (χ2v) is 22.2. The molecule has 19 nitrogen and oxygen atoms in total. The van der Waals surface area contributed by atoms with Crippen LogP contribution in [0.15, 0.2) is 119 Å². The minimum atomic E-state index is -4.51. The van der Waals surface area contributed by atoms with Crippen molar-refractivity contribution in [2.24, 2.45) is 4.99 Å². The van der Waals surface area contributed by atoms with Crippen LogP contribution in [-0.4, -0.2) is 79.7 Å². The Balaban J connectivity index is 1.69. The fraction of sp³-hybridized carbons (Fsp3) is 0.375. The van der Waals surface area contributed by atoms with E-state index in [1.165, 1.54) is 43.3 Å². The molecule has 0 saturated heterocycles. The first-order chi connectivity index (χ1) is 32.1. The van der Waals surface area contributed by atoms with Gasteiger partial charge in [0.05, 0.1) is 34.4 Å². The third-order valence-electron chi connectivity index (χ3n) is 8.83. The Hall–Kier alpha value is -6.78. The maximum atomic E-state index is 15.3. The summed E-state index contributed by atoms with van der Waals surface area (Å²) in [5, 5.41) is 19.3. The van der Waals surface area contributed by atoms with Crippen LogP contribution in [0, 0.1) is 11.3 Å². The normalized spacial score (nSPS) is 13.2. The molecule has 5 N–H and O–H groups in total. The maximum absolute atomic E-state index is 15.3. The van der Waals surface area contributed by atoms with E-state index in [2.05, 4.69) is 31.0 Å². The predicted molar refractivity (Wildman–Crippen MR) is 258 cm³/mol. The van der Waals surface area contributed by atoms with E-state index >= 15 is 4.57 Å². The van der Waals surface area contributed by atoms with Crippen molar-refractivity contribution in [1.29, 1.82) is 5.26 Å². The van der Waals surface area contributed by atoms with Gasteiger partial charge in [-0.15, -0.1) is 0 Å². The zero-order valence-electron chi connectivity index (χ0n) is 40.2. The molecule has 370 valence electrons. The summed E-state index contributed by atoms with van der Waals surface area (Å²) in [4.78, 5) is 57.7. The molecule has 0 bridgehead atoms. The van der Waals surface area contributed by atoms with Crippen molar-refractivity contribution in [3.63, 3.8) is 0 Å². The lowest BCUT2D eigenvalue weighted by atomic mass is 10.1. The third-order valence-corrected chi connectivity index (χ3v) is 12.3. The van der Waals surface area contributed by atoms with Crippen molar-refractivity contribution in [3.8, 4) is 17.6 Å². The highest BCUT2D eigenvalue weighted by atomic mass is 32.2. The number of nitriles is 1. The summed E-state index contributed by atoms with van der Waals surface area (Å²) in [7, 11) is -8.86. The lowest BCUT2D eigenvalue weighted by Gasteiger charge is -2.30. The number of aliphatic imine (C=N–C) groups is 1. The van der Waals surface area contributed by atoms with E-state index in [1.54, 1.807) is 135 Å². The van der Waals surface area contributed by atoms with Crippen LogP contribution in [0.2, 0.25) is 0 Å². The molecule has 0 aliphatic carbocycles. The average Bonchev–Trinajstić information content (AvgIpc) is 3.24. The number of amides is 4. The monoisotopic (exact) mass is 989 g/mol. The highest BCUT2D eigenvalue weighted by Crippen LogP contribution is 2.53. The quantitative estimate of drug-likeness (QED) is 0.0388. The van der Waals surface area contributed by atoms with Gasteiger partial charge < -0.3 is 33.9 Å². The lowest BCUT2D eigenvalue weighted by molar-refractivity contribution is -0.131. The summed E-state index contributed by atoms with van der Waals surface area (Å²) in [5.41, 5.74) is -1.60. The van der Waals surface area contributed by atoms with Crippen LogP contribution in [0.5, 0.6) is 11.5 Å². The number of sulfonamides is 1. The molecule has 3 atom stereocenters. The number of rotatable bonds is 17. The minimum Gasteiger partial charge on any atom is -0.444 e. The summed E-state index contributed by atoms with van der Waals surface area (Å²) in [6, 6.07) is 26.7. The molecule has 0 saturated carbocycles. The molecule has 69 heavy (non-hydrogen) atoms. The zero-order valence-corrected chi connectivity index (χ0v) is 41.9. The Morgan fingerprint density at radius 3 is 1.62 bits per heavy atom. The number of benzene rings is 4. The molecule has 4 aromatic carbocycles. The van der Waals surface area contributed by atoms with Crippen LogP contribution in [0.25, 0.3) is 0 Å². The van der Waals surface area contributed by atoms with E-state index in [-0.39, 0.29) is 40.0 Å². The summed E-state index contributed by atoms with van der Waals surface area (Å²) < 4.78 is 73.3. The van der Waals surface area contributed by atoms with Gasteiger partial charge in [-0.05, 0) is 135 Å². The van der Waals surface area contributed by atoms with Gasteiger partial charge in [-0.3, -0.25) is 20.2 Å². The van der Waals surface area contributed by atoms with Crippen LogP contribution in [-0.2, 0) is 44.8 Å². The van der Waals surface area contributed by atoms with E-state index in [0.717, 1.165) is 0 Å². The second-order valence-electron chi connectivity index (χ2n) is 18.4. The molecule has 4 amide bonds. The van der Waals surface area contributed by atoms with Crippen molar-refractivity contribution in [3.05, 3.63) is 120 Å². The van der Waals surface area contributed by atoms with Crippen molar-refractivity contribution in [2.75, 3.05) is 6.61 Å². The molecule has 0 radical (unpaired) electrons. The fourth-order valence-electron chi connectivity index (χ4n) is 5.72. The van der Waals surface area contributed by atoms with Crippen LogP contribution < -0.4 is 35.0 Å². The van der Waals surface area contributed by atoms with Crippen molar-refractivity contribution in [1.82, 2.24) is 26.0 Å². The van der Waals surface area contributed by atoms with Gasteiger partial charge in [0.1, 0.15) is 34.8 Å². The first-order valence-corrected chi connectivity index (χ1v) is 24.8. The number of ether oxygens (including phenoxy) is 3. The van der Waals surface area contributed by atoms with Crippen molar-refractivity contribution < 1.29 is 55.4 Å². The summed E-state index contributed by atoms with van der Waals surface area (Å²) in [6.45, 7) is 16.1. The molecule has 4 rings (SSSR count). The van der Waals surface area contributed by atoms with Crippen LogP contribution in [0.4, 0.5) is 15.3 Å². The molecule has 1 unspecified atom stereocenters. The van der Waals surface area contributed by atoms with Gasteiger partial charge in [-0.1, -0.05) is 48.5 Å². The lowest BCUT2D eigenvalue weighted by Crippen LogP contribution is -2.55. The molecule has 0 fully saturated rings. The Kier molecular flexibility index (Phi) is 18.7. The highest BCUT2D eigenvalue weighted by Gasteiger charge is 2.42. The van der Waals surface area contributed by atoms with E-state index in [1.807, 2.05) is 6.07 Å². The number of guanidine groups is 1. The standard InChI is InChI=1S/C48H60N7O12PS/c1-32(50-42(57)39(31-63-46(2,3)4)55-69(61,62)38-27-23-34(30-49)24-28-38)41(56)52-40(68(60,66-36-17-13-11-14-18-36)67-37-19-15-12-16-20-37)29-33-21-25-35(26-22-33)51-43(53-44(58)64-47(5,6)7)54-45(59)65-48(8,9)10/h11-28,32,39-40,55H,29,31H2,1-10H3,(H,50,57)(H,52,56)(H2,51,53,54,58,59)/t32-,39+,40?/m0/s1. The van der Waals surface area contributed by atoms with E-state index in [0.29, 0.717) is 5.56 Å². The Morgan fingerprint density at radius 2 is 1.17 bits per heavy atom. The summed E-state index contributed by atoms with van der Waals surface area (Å²) in [6.07, 6.45) is -1.99. The van der Waals surface area contributed by atoms with Crippen LogP contribution in [0.3, 0.4) is 0 Å². The van der Waals surface area contributed by atoms with Crippen LogP contribution in [0.1, 0.15) is 80.4 Å². The van der Waals surface area contributed by atoms with E-state index < -0.39 is 82.9 Å². The number of nitrogens with zero attached hydrogens (tertiary/aromatic N) is 2. The molecular formula is C48H60N7O12PS. The fourth-order valence-corrected chi connectivity index (χ4v) is 8.74. The number of carbonyl (C=O) groups is 4. The number of hydrogen-bond donors (Lipinski definition) is 5. The Labute approximate surface area is 403 Å². The highest BCUT2D eigenvalue weighted by molar-refractivity contribution is 7.89.